The van der Waals surface area contributed by atoms with Crippen LogP contribution in [0.25, 0.3) is 10.9 Å². The third kappa shape index (κ3) is 3.92. The summed E-state index contributed by atoms with van der Waals surface area (Å²) in [4.78, 5) is 24.7. The van der Waals surface area contributed by atoms with Crippen LogP contribution in [-0.2, 0) is 0 Å². The van der Waals surface area contributed by atoms with E-state index in [9.17, 15) is 9.90 Å². The normalized spacial score (nSPS) is 22.2. The molecular weight excluding hydrogens is 316 g/mol. The molecule has 25 heavy (non-hydrogen) atoms. The molecule has 1 saturated heterocycles. The summed E-state index contributed by atoms with van der Waals surface area (Å²) in [6, 6.07) is 7.92. The molecule has 6 nitrogen and oxygen atoms in total. The van der Waals surface area contributed by atoms with Crippen LogP contribution in [-0.4, -0.2) is 63.2 Å². The van der Waals surface area contributed by atoms with Gasteiger partial charge in [0.25, 0.3) is 5.56 Å². The molecule has 0 bridgehead atoms. The lowest BCUT2D eigenvalue weighted by molar-refractivity contribution is 0.0209. The minimum absolute atomic E-state index is 0.0556. The SMILES string of the molecule is CCC1CN(C(C)c2nc3ccccc3c(=O)[nH]2)CCN1CC(C)O. The molecule has 6 heteroatoms. The largest absolute Gasteiger partial charge is 0.392 e. The summed E-state index contributed by atoms with van der Waals surface area (Å²) in [6.07, 6.45) is 0.731. The first-order valence-electron chi connectivity index (χ1n) is 9.14. The number of nitrogens with zero attached hydrogens (tertiary/aromatic N) is 3. The fraction of sp³-hybridized carbons (Fsp3) is 0.579. The van der Waals surface area contributed by atoms with Crippen molar-refractivity contribution in [2.24, 2.45) is 0 Å². The first-order chi connectivity index (χ1) is 12.0. The number of benzene rings is 1. The monoisotopic (exact) mass is 344 g/mol. The second-order valence-corrected chi connectivity index (χ2v) is 7.05. The highest BCUT2D eigenvalue weighted by Crippen LogP contribution is 2.23. The van der Waals surface area contributed by atoms with Crippen LogP contribution < -0.4 is 5.56 Å². The molecule has 3 atom stereocenters. The van der Waals surface area contributed by atoms with E-state index in [-0.39, 0.29) is 17.7 Å². The molecule has 1 aromatic carbocycles. The van der Waals surface area contributed by atoms with Crippen LogP contribution in [0.1, 0.15) is 39.1 Å². The highest BCUT2D eigenvalue weighted by molar-refractivity contribution is 5.77. The van der Waals surface area contributed by atoms with E-state index in [1.807, 2.05) is 25.1 Å². The molecule has 136 valence electrons. The number of piperazine rings is 1. The average molecular weight is 344 g/mol. The van der Waals surface area contributed by atoms with Crippen LogP contribution in [0, 0.1) is 0 Å². The van der Waals surface area contributed by atoms with Crippen molar-refractivity contribution in [2.75, 3.05) is 26.2 Å². The van der Waals surface area contributed by atoms with Gasteiger partial charge in [-0.3, -0.25) is 14.6 Å². The van der Waals surface area contributed by atoms with Crippen LogP contribution in [0.5, 0.6) is 0 Å². The van der Waals surface area contributed by atoms with Gasteiger partial charge >= 0.3 is 0 Å². The van der Waals surface area contributed by atoms with Gasteiger partial charge in [0.2, 0.25) is 0 Å². The molecule has 2 aromatic rings. The molecule has 1 fully saturated rings. The summed E-state index contributed by atoms with van der Waals surface area (Å²) in [5.74, 6) is 0.725. The smallest absolute Gasteiger partial charge is 0.258 e. The highest BCUT2D eigenvalue weighted by atomic mass is 16.3. The first-order valence-corrected chi connectivity index (χ1v) is 9.14. The van der Waals surface area contributed by atoms with Gasteiger partial charge in [0.15, 0.2) is 0 Å². The van der Waals surface area contributed by atoms with Gasteiger partial charge in [-0.15, -0.1) is 0 Å². The van der Waals surface area contributed by atoms with Gasteiger partial charge in [-0.25, -0.2) is 4.98 Å². The lowest BCUT2D eigenvalue weighted by Gasteiger charge is -2.43. The Kier molecular flexibility index (Phi) is 5.51. The summed E-state index contributed by atoms with van der Waals surface area (Å²) in [5.41, 5.74) is 0.667. The van der Waals surface area contributed by atoms with Crippen LogP contribution >= 0.6 is 0 Å². The molecule has 2 heterocycles. The number of hydrogen-bond donors (Lipinski definition) is 2. The Morgan fingerprint density at radius 1 is 1.32 bits per heavy atom. The van der Waals surface area contributed by atoms with Crippen LogP contribution in [0.4, 0.5) is 0 Å². The minimum Gasteiger partial charge on any atom is -0.392 e. The number of fused-ring (bicyclic) bond motifs is 1. The molecule has 0 aliphatic carbocycles. The number of H-pyrrole nitrogens is 1. The van der Waals surface area contributed by atoms with E-state index in [0.29, 0.717) is 18.0 Å². The van der Waals surface area contributed by atoms with Crippen molar-refractivity contribution < 1.29 is 5.11 Å². The van der Waals surface area contributed by atoms with Crippen LogP contribution in [0.3, 0.4) is 0 Å². The van der Waals surface area contributed by atoms with Crippen molar-refractivity contribution in [2.45, 2.75) is 45.4 Å². The summed E-state index contributed by atoms with van der Waals surface area (Å²) in [6.45, 7) is 9.58. The average Bonchev–Trinajstić information content (AvgIpc) is 2.61. The molecule has 0 radical (unpaired) electrons. The Hall–Kier alpha value is -1.76. The van der Waals surface area contributed by atoms with Crippen molar-refractivity contribution in [3.63, 3.8) is 0 Å². The Bertz CT molecular complexity index is 773. The molecule has 0 amide bonds. The van der Waals surface area contributed by atoms with Crippen molar-refractivity contribution in [1.29, 1.82) is 0 Å². The molecule has 1 aliphatic rings. The second kappa shape index (κ2) is 7.64. The minimum atomic E-state index is -0.309. The predicted octanol–water partition coefficient (Wildman–Crippen LogP) is 1.76. The fourth-order valence-corrected chi connectivity index (χ4v) is 3.71. The maximum Gasteiger partial charge on any atom is 0.258 e. The lowest BCUT2D eigenvalue weighted by Crippen LogP contribution is -2.55. The van der Waals surface area contributed by atoms with Gasteiger partial charge in [0, 0.05) is 32.2 Å². The number of β-amino-alcohol motifs (C(OH)–C–C–N with tert-alkyl or cyclic N) is 1. The molecule has 2 N–H and O–H groups in total. The molecule has 0 spiro atoms. The number of aromatic nitrogens is 2. The van der Waals surface area contributed by atoms with Crippen LogP contribution in [0.15, 0.2) is 29.1 Å². The van der Waals surface area contributed by atoms with Gasteiger partial charge in [-0.2, -0.15) is 0 Å². The van der Waals surface area contributed by atoms with Crippen molar-refractivity contribution >= 4 is 10.9 Å². The van der Waals surface area contributed by atoms with Gasteiger partial charge in [-0.05, 0) is 32.4 Å². The van der Waals surface area contributed by atoms with Crippen molar-refractivity contribution in [3.8, 4) is 0 Å². The molecular formula is C19H28N4O2. The van der Waals surface area contributed by atoms with Gasteiger partial charge in [-0.1, -0.05) is 19.1 Å². The van der Waals surface area contributed by atoms with E-state index in [0.717, 1.165) is 37.4 Å². The molecule has 0 saturated carbocycles. The zero-order chi connectivity index (χ0) is 18.0. The van der Waals surface area contributed by atoms with E-state index in [1.54, 1.807) is 6.07 Å². The van der Waals surface area contributed by atoms with Gasteiger partial charge in [0.05, 0.1) is 23.0 Å². The Morgan fingerprint density at radius 2 is 2.08 bits per heavy atom. The molecule has 1 aromatic heterocycles. The van der Waals surface area contributed by atoms with Crippen molar-refractivity contribution in [3.05, 3.63) is 40.4 Å². The van der Waals surface area contributed by atoms with Gasteiger partial charge in [0.1, 0.15) is 5.82 Å². The third-order valence-corrected chi connectivity index (χ3v) is 5.18. The topological polar surface area (TPSA) is 72.5 Å². The van der Waals surface area contributed by atoms with Crippen LogP contribution in [0.2, 0.25) is 0 Å². The Morgan fingerprint density at radius 3 is 2.80 bits per heavy atom. The summed E-state index contributed by atoms with van der Waals surface area (Å²) < 4.78 is 0. The first kappa shape index (κ1) is 18.0. The zero-order valence-electron chi connectivity index (χ0n) is 15.3. The van der Waals surface area contributed by atoms with Gasteiger partial charge < -0.3 is 10.1 Å². The quantitative estimate of drug-likeness (QED) is 0.865. The maximum absolute atomic E-state index is 12.3. The van der Waals surface area contributed by atoms with Crippen molar-refractivity contribution in [1.82, 2.24) is 19.8 Å². The number of aliphatic hydroxyl groups excluding tert-OH is 1. The fourth-order valence-electron chi connectivity index (χ4n) is 3.71. The number of aliphatic hydroxyl groups is 1. The van der Waals surface area contributed by atoms with E-state index in [4.69, 9.17) is 0 Å². The summed E-state index contributed by atoms with van der Waals surface area (Å²) in [7, 11) is 0. The number of hydrogen-bond acceptors (Lipinski definition) is 5. The predicted molar refractivity (Wildman–Crippen MR) is 99.7 cm³/mol. The summed E-state index contributed by atoms with van der Waals surface area (Å²) in [5, 5.41) is 10.3. The second-order valence-electron chi connectivity index (χ2n) is 7.05. The van der Waals surface area contributed by atoms with E-state index < -0.39 is 0 Å². The molecule has 3 rings (SSSR count). The van der Waals surface area contributed by atoms with E-state index >= 15 is 0 Å². The maximum atomic E-state index is 12.3. The number of para-hydroxylation sites is 1. The number of nitrogens with one attached hydrogen (secondary N) is 1. The third-order valence-electron chi connectivity index (χ3n) is 5.18. The molecule has 1 aliphatic heterocycles. The summed E-state index contributed by atoms with van der Waals surface area (Å²) >= 11 is 0. The number of rotatable bonds is 5. The standard InChI is InChI=1S/C19H28N4O2/c1-4-15-12-22(9-10-23(15)11-13(2)24)14(3)18-20-17-8-6-5-7-16(17)19(25)21-18/h5-8,13-15,24H,4,9-12H2,1-3H3,(H,20,21,25). The molecule has 3 unspecified atom stereocenters. The van der Waals surface area contributed by atoms with E-state index in [1.165, 1.54) is 0 Å². The number of aromatic amines is 1. The Balaban J connectivity index is 1.79. The zero-order valence-corrected chi connectivity index (χ0v) is 15.3. The highest BCUT2D eigenvalue weighted by Gasteiger charge is 2.30. The lowest BCUT2D eigenvalue weighted by atomic mass is 10.1. The Labute approximate surface area is 148 Å². The van der Waals surface area contributed by atoms with E-state index in [2.05, 4.69) is 33.6 Å².